The number of nitrogen functional groups attached to an aromatic ring is 1. The smallest absolute Gasteiger partial charge is 0.256 e. The number of nitrogens with one attached hydrogen (secondary N) is 1. The monoisotopic (exact) mass is 310 g/mol. The van der Waals surface area contributed by atoms with Gasteiger partial charge in [-0.15, -0.1) is 0 Å². The quantitative estimate of drug-likeness (QED) is 0.774. The summed E-state index contributed by atoms with van der Waals surface area (Å²) in [6.07, 6.45) is 1.39. The molecule has 0 saturated carbocycles. The lowest BCUT2D eigenvalue weighted by molar-refractivity contribution is 0.102. The Kier molecular flexibility index (Phi) is 3.69. The van der Waals surface area contributed by atoms with Crippen molar-refractivity contribution in [3.8, 4) is 0 Å². The number of aryl methyl sites for hydroxylation is 1. The predicted octanol–water partition coefficient (Wildman–Crippen LogP) is 2.55. The average Bonchev–Trinajstić information content (AvgIpc) is 2.88. The van der Waals surface area contributed by atoms with Crippen LogP contribution in [0.25, 0.3) is 11.0 Å². The Morgan fingerprint density at radius 1 is 1.22 bits per heavy atom. The number of amides is 1. The summed E-state index contributed by atoms with van der Waals surface area (Å²) >= 11 is 0. The Labute approximate surface area is 133 Å². The molecule has 1 amide bonds. The minimum absolute atomic E-state index is 0.0804. The van der Waals surface area contributed by atoms with E-state index in [1.54, 1.807) is 16.8 Å². The molecule has 23 heavy (non-hydrogen) atoms. The molecular weight excluding hydrogens is 292 g/mol. The standard InChI is InChI=1S/C16H18N6O/c1-9(2)22-15-12(13(17)18-8-19-15)14(21-22)20-16(23)11-6-4-10(3)5-7-11/h4-9H,1-3H3,(H2,17,18,19)(H,20,21,23). The van der Waals surface area contributed by atoms with Crippen molar-refractivity contribution in [2.45, 2.75) is 26.8 Å². The van der Waals surface area contributed by atoms with E-state index in [0.29, 0.717) is 28.2 Å². The first-order valence-electron chi connectivity index (χ1n) is 7.34. The molecule has 0 aliphatic rings. The van der Waals surface area contributed by atoms with Crippen LogP contribution >= 0.6 is 0 Å². The molecule has 0 saturated heterocycles. The summed E-state index contributed by atoms with van der Waals surface area (Å²) in [5.74, 6) is 0.419. The number of nitrogens with two attached hydrogens (primary N) is 1. The highest BCUT2D eigenvalue weighted by atomic mass is 16.1. The lowest BCUT2D eigenvalue weighted by Gasteiger charge is -2.05. The van der Waals surface area contributed by atoms with Crippen LogP contribution < -0.4 is 11.1 Å². The van der Waals surface area contributed by atoms with E-state index in [0.717, 1.165) is 5.56 Å². The summed E-state index contributed by atoms with van der Waals surface area (Å²) in [5, 5.41) is 7.80. The van der Waals surface area contributed by atoms with E-state index in [4.69, 9.17) is 5.73 Å². The van der Waals surface area contributed by atoms with Gasteiger partial charge < -0.3 is 11.1 Å². The molecule has 0 bridgehead atoms. The van der Waals surface area contributed by atoms with Crippen molar-refractivity contribution in [3.05, 3.63) is 41.7 Å². The Balaban J connectivity index is 2.03. The van der Waals surface area contributed by atoms with Gasteiger partial charge in [-0.1, -0.05) is 17.7 Å². The molecule has 0 radical (unpaired) electrons. The molecule has 0 atom stereocenters. The zero-order valence-corrected chi connectivity index (χ0v) is 13.2. The van der Waals surface area contributed by atoms with Gasteiger partial charge >= 0.3 is 0 Å². The highest BCUT2D eigenvalue weighted by molar-refractivity contribution is 6.09. The van der Waals surface area contributed by atoms with Crippen molar-refractivity contribution in [2.75, 3.05) is 11.1 Å². The van der Waals surface area contributed by atoms with E-state index < -0.39 is 0 Å². The number of hydrogen-bond acceptors (Lipinski definition) is 5. The van der Waals surface area contributed by atoms with Gasteiger partial charge in [0, 0.05) is 11.6 Å². The zero-order chi connectivity index (χ0) is 16.6. The number of anilines is 2. The van der Waals surface area contributed by atoms with Crippen LogP contribution in [-0.4, -0.2) is 25.7 Å². The van der Waals surface area contributed by atoms with Gasteiger partial charge in [-0.05, 0) is 32.9 Å². The maximum absolute atomic E-state index is 12.4. The van der Waals surface area contributed by atoms with Crippen molar-refractivity contribution in [1.82, 2.24) is 19.7 Å². The third kappa shape index (κ3) is 2.73. The first-order valence-corrected chi connectivity index (χ1v) is 7.34. The Bertz CT molecular complexity index is 866. The number of nitrogens with zero attached hydrogens (tertiary/aromatic N) is 4. The van der Waals surface area contributed by atoms with Gasteiger partial charge in [-0.3, -0.25) is 4.79 Å². The van der Waals surface area contributed by atoms with Crippen LogP contribution in [0.4, 0.5) is 11.6 Å². The number of rotatable bonds is 3. The van der Waals surface area contributed by atoms with Crippen molar-refractivity contribution < 1.29 is 4.79 Å². The molecule has 118 valence electrons. The summed E-state index contributed by atoms with van der Waals surface area (Å²) in [6, 6.07) is 7.39. The number of carbonyl (C=O) groups is 1. The molecule has 0 unspecified atom stereocenters. The highest BCUT2D eigenvalue weighted by Gasteiger charge is 2.19. The molecule has 1 aromatic carbocycles. The van der Waals surface area contributed by atoms with E-state index >= 15 is 0 Å². The molecule has 7 nitrogen and oxygen atoms in total. The molecule has 7 heteroatoms. The third-order valence-electron chi connectivity index (χ3n) is 3.55. The first kappa shape index (κ1) is 15.0. The van der Waals surface area contributed by atoms with Crippen LogP contribution in [0, 0.1) is 6.92 Å². The van der Waals surface area contributed by atoms with Gasteiger partial charge in [0.05, 0.1) is 0 Å². The van der Waals surface area contributed by atoms with Crippen LogP contribution in [-0.2, 0) is 0 Å². The molecule has 0 fully saturated rings. The van der Waals surface area contributed by atoms with Crippen LogP contribution in [0.15, 0.2) is 30.6 Å². The van der Waals surface area contributed by atoms with Crippen molar-refractivity contribution in [2.24, 2.45) is 0 Å². The van der Waals surface area contributed by atoms with Crippen LogP contribution in [0.1, 0.15) is 35.8 Å². The molecule has 3 rings (SSSR count). The van der Waals surface area contributed by atoms with Gasteiger partial charge in [0.15, 0.2) is 11.5 Å². The molecule has 2 aromatic heterocycles. The van der Waals surface area contributed by atoms with Crippen molar-refractivity contribution in [3.63, 3.8) is 0 Å². The second-order valence-corrected chi connectivity index (χ2v) is 5.66. The zero-order valence-electron chi connectivity index (χ0n) is 13.2. The minimum Gasteiger partial charge on any atom is -0.383 e. The molecule has 3 aromatic rings. The lowest BCUT2D eigenvalue weighted by atomic mass is 10.1. The molecule has 0 spiro atoms. The maximum Gasteiger partial charge on any atom is 0.256 e. The minimum atomic E-state index is -0.247. The average molecular weight is 310 g/mol. The molecular formula is C16H18N6O. The Morgan fingerprint density at radius 2 is 1.91 bits per heavy atom. The fraction of sp³-hybridized carbons (Fsp3) is 0.250. The number of hydrogen-bond donors (Lipinski definition) is 2. The topological polar surface area (TPSA) is 98.7 Å². The molecule has 3 N–H and O–H groups in total. The largest absolute Gasteiger partial charge is 0.383 e. The van der Waals surface area contributed by atoms with Crippen LogP contribution in [0.5, 0.6) is 0 Å². The van der Waals surface area contributed by atoms with Gasteiger partial charge in [0.25, 0.3) is 5.91 Å². The number of benzene rings is 1. The second kappa shape index (κ2) is 5.68. The predicted molar refractivity (Wildman–Crippen MR) is 89.3 cm³/mol. The van der Waals surface area contributed by atoms with Crippen LogP contribution in [0.3, 0.4) is 0 Å². The van der Waals surface area contributed by atoms with Gasteiger partial charge in [0.1, 0.15) is 17.5 Å². The number of fused-ring (bicyclic) bond motifs is 1. The van der Waals surface area contributed by atoms with E-state index in [1.165, 1.54) is 6.33 Å². The molecule has 0 aliphatic heterocycles. The molecule has 2 heterocycles. The van der Waals surface area contributed by atoms with Crippen LogP contribution in [0.2, 0.25) is 0 Å². The Morgan fingerprint density at radius 3 is 2.57 bits per heavy atom. The van der Waals surface area contributed by atoms with Gasteiger partial charge in [-0.25, -0.2) is 14.6 Å². The summed E-state index contributed by atoms with van der Waals surface area (Å²) in [6.45, 7) is 5.93. The summed E-state index contributed by atoms with van der Waals surface area (Å²) < 4.78 is 1.72. The fourth-order valence-electron chi connectivity index (χ4n) is 2.33. The summed E-state index contributed by atoms with van der Waals surface area (Å²) in [5.41, 5.74) is 8.20. The van der Waals surface area contributed by atoms with Crippen molar-refractivity contribution >= 4 is 28.6 Å². The van der Waals surface area contributed by atoms with E-state index in [-0.39, 0.29) is 11.9 Å². The van der Waals surface area contributed by atoms with Gasteiger partial charge in [0.2, 0.25) is 0 Å². The first-order chi connectivity index (χ1) is 11.0. The van der Waals surface area contributed by atoms with E-state index in [1.807, 2.05) is 32.9 Å². The maximum atomic E-state index is 12.4. The molecule has 0 aliphatic carbocycles. The number of aromatic nitrogens is 4. The lowest BCUT2D eigenvalue weighted by Crippen LogP contribution is -2.13. The normalized spacial score (nSPS) is 11.1. The fourth-order valence-corrected chi connectivity index (χ4v) is 2.33. The third-order valence-corrected chi connectivity index (χ3v) is 3.55. The second-order valence-electron chi connectivity index (χ2n) is 5.66. The van der Waals surface area contributed by atoms with Gasteiger partial charge in [-0.2, -0.15) is 5.10 Å². The Hall–Kier alpha value is -2.96. The van der Waals surface area contributed by atoms with E-state index in [9.17, 15) is 4.79 Å². The SMILES string of the molecule is Cc1ccc(C(=O)Nc2nn(C(C)C)c3ncnc(N)c23)cc1. The van der Waals surface area contributed by atoms with E-state index in [2.05, 4.69) is 20.4 Å². The highest BCUT2D eigenvalue weighted by Crippen LogP contribution is 2.27. The summed E-state index contributed by atoms with van der Waals surface area (Å²) in [4.78, 5) is 20.6. The van der Waals surface area contributed by atoms with Crippen molar-refractivity contribution in [1.29, 1.82) is 0 Å². The summed E-state index contributed by atoms with van der Waals surface area (Å²) in [7, 11) is 0. The number of carbonyl (C=O) groups excluding carboxylic acids is 1.